The highest BCUT2D eigenvalue weighted by molar-refractivity contribution is 7.89. The number of nitrogens with zero attached hydrogens (tertiary/aromatic N) is 3. The van der Waals surface area contributed by atoms with E-state index in [9.17, 15) is 22.0 Å². The molecule has 0 unspecified atom stereocenters. The van der Waals surface area contributed by atoms with Gasteiger partial charge < -0.3 is 9.64 Å². The molecule has 212 valence electrons. The maximum atomic E-state index is 14.9. The highest BCUT2D eigenvalue weighted by Gasteiger charge is 2.42. The summed E-state index contributed by atoms with van der Waals surface area (Å²) in [4.78, 5) is 17.2. The van der Waals surface area contributed by atoms with Gasteiger partial charge in [-0.3, -0.25) is 4.90 Å². The fourth-order valence-corrected chi connectivity index (χ4v) is 7.72. The van der Waals surface area contributed by atoms with E-state index < -0.39 is 39.8 Å². The van der Waals surface area contributed by atoms with Crippen molar-refractivity contribution in [3.05, 3.63) is 64.7 Å². The van der Waals surface area contributed by atoms with Crippen LogP contribution >= 0.6 is 11.6 Å². The molecular weight excluding hydrogens is 548 g/mol. The van der Waals surface area contributed by atoms with Crippen LogP contribution in [0, 0.1) is 17.6 Å². The van der Waals surface area contributed by atoms with Crippen LogP contribution in [0.15, 0.2) is 47.4 Å². The van der Waals surface area contributed by atoms with E-state index in [0.717, 1.165) is 37.7 Å². The van der Waals surface area contributed by atoms with E-state index in [4.69, 9.17) is 16.3 Å². The fraction of sp³-hybridized carbons (Fsp3) is 0.536. The molecule has 7 nitrogen and oxygen atoms in total. The van der Waals surface area contributed by atoms with Gasteiger partial charge >= 0.3 is 6.09 Å². The van der Waals surface area contributed by atoms with Gasteiger partial charge in [0.2, 0.25) is 10.0 Å². The summed E-state index contributed by atoms with van der Waals surface area (Å²) in [5.74, 6) is -0.780. The molecular formula is C28H34ClF2N3O4S. The van der Waals surface area contributed by atoms with Crippen LogP contribution in [-0.4, -0.2) is 73.5 Å². The summed E-state index contributed by atoms with van der Waals surface area (Å²) < 4.78 is 63.4. The molecule has 0 N–H and O–H groups in total. The largest absolute Gasteiger partial charge is 0.448 e. The molecule has 5 rings (SSSR count). The van der Waals surface area contributed by atoms with Gasteiger partial charge in [-0.15, -0.1) is 0 Å². The molecule has 0 spiro atoms. The van der Waals surface area contributed by atoms with Crippen LogP contribution in [0.1, 0.15) is 50.6 Å². The van der Waals surface area contributed by atoms with Crippen molar-refractivity contribution in [3.8, 4) is 0 Å². The highest BCUT2D eigenvalue weighted by Crippen LogP contribution is 2.40. The third-order valence-corrected chi connectivity index (χ3v) is 10.2. The Morgan fingerprint density at radius 1 is 1.05 bits per heavy atom. The lowest BCUT2D eigenvalue weighted by Gasteiger charge is -2.42. The third-order valence-electron chi connectivity index (χ3n) is 7.95. The zero-order chi connectivity index (χ0) is 27.7. The molecule has 0 aromatic heterocycles. The average molecular weight is 582 g/mol. The van der Waals surface area contributed by atoms with Gasteiger partial charge in [-0.25, -0.2) is 22.0 Å². The molecule has 3 fully saturated rings. The predicted molar refractivity (Wildman–Crippen MR) is 144 cm³/mol. The normalized spacial score (nSPS) is 25.0. The first-order valence-electron chi connectivity index (χ1n) is 13.5. The van der Waals surface area contributed by atoms with E-state index in [1.165, 1.54) is 47.5 Å². The van der Waals surface area contributed by atoms with Crippen LogP contribution < -0.4 is 0 Å². The van der Waals surface area contributed by atoms with Crippen molar-refractivity contribution >= 4 is 27.7 Å². The summed E-state index contributed by atoms with van der Waals surface area (Å²) >= 11 is 5.98. The van der Waals surface area contributed by atoms with Crippen molar-refractivity contribution in [2.45, 2.75) is 62.0 Å². The van der Waals surface area contributed by atoms with Gasteiger partial charge in [0, 0.05) is 48.9 Å². The number of piperidine rings is 1. The molecule has 0 bridgehead atoms. The van der Waals surface area contributed by atoms with Crippen molar-refractivity contribution < 1.29 is 26.7 Å². The van der Waals surface area contributed by atoms with Crippen molar-refractivity contribution in [2.24, 2.45) is 5.92 Å². The maximum absolute atomic E-state index is 14.9. The first-order valence-corrected chi connectivity index (χ1v) is 15.3. The molecule has 3 atom stereocenters. The minimum Gasteiger partial charge on any atom is -0.448 e. The molecule has 39 heavy (non-hydrogen) atoms. The van der Waals surface area contributed by atoms with Crippen molar-refractivity contribution in [2.75, 3.05) is 32.8 Å². The van der Waals surface area contributed by atoms with Gasteiger partial charge in [-0.2, -0.15) is 4.31 Å². The SMILES string of the molecule is C[C@H]1CN(CC2CC2)CCN1C(=O)OC[C@H]1CCC[C@@H](c2ccc(F)cc2F)N1S(=O)(=O)c1ccc(Cl)cc1. The summed E-state index contributed by atoms with van der Waals surface area (Å²) in [5.41, 5.74) is 0.0883. The first-order chi connectivity index (χ1) is 18.6. The average Bonchev–Trinajstić information content (AvgIpc) is 3.71. The Labute approximate surface area is 233 Å². The van der Waals surface area contributed by atoms with E-state index in [1.807, 2.05) is 6.92 Å². The fourth-order valence-electron chi connectivity index (χ4n) is 5.76. The molecule has 2 aliphatic heterocycles. The zero-order valence-electron chi connectivity index (χ0n) is 21.9. The van der Waals surface area contributed by atoms with Gasteiger partial charge in [0.1, 0.15) is 18.2 Å². The Kier molecular flexibility index (Phi) is 8.47. The molecule has 2 aromatic rings. The van der Waals surface area contributed by atoms with Crippen LogP contribution in [0.2, 0.25) is 5.02 Å². The number of hydrogen-bond acceptors (Lipinski definition) is 5. The van der Waals surface area contributed by atoms with Gasteiger partial charge in [0.25, 0.3) is 0 Å². The summed E-state index contributed by atoms with van der Waals surface area (Å²) in [5, 5.41) is 0.380. The lowest BCUT2D eigenvalue weighted by molar-refractivity contribution is 0.0315. The number of piperazine rings is 1. The number of halogens is 3. The minimum atomic E-state index is -4.15. The second-order valence-electron chi connectivity index (χ2n) is 10.9. The summed E-state index contributed by atoms with van der Waals surface area (Å²) in [7, 11) is -4.15. The van der Waals surface area contributed by atoms with E-state index in [0.29, 0.717) is 30.8 Å². The van der Waals surface area contributed by atoms with Gasteiger partial charge in [0.15, 0.2) is 0 Å². The predicted octanol–water partition coefficient (Wildman–Crippen LogP) is 5.46. The van der Waals surface area contributed by atoms with Crippen LogP contribution in [0.3, 0.4) is 0 Å². The third kappa shape index (κ3) is 6.39. The number of rotatable bonds is 7. The van der Waals surface area contributed by atoms with Gasteiger partial charge in [-0.1, -0.05) is 17.7 Å². The lowest BCUT2D eigenvalue weighted by atomic mass is 9.93. The number of carbonyl (C=O) groups excluding carboxylic acids is 1. The number of hydrogen-bond donors (Lipinski definition) is 0. The van der Waals surface area contributed by atoms with Crippen LogP contribution in [0.4, 0.5) is 13.6 Å². The topological polar surface area (TPSA) is 70.2 Å². The smallest absolute Gasteiger partial charge is 0.410 e. The van der Waals surface area contributed by atoms with Crippen LogP contribution in [0.5, 0.6) is 0 Å². The quantitative estimate of drug-likeness (QED) is 0.435. The van der Waals surface area contributed by atoms with Gasteiger partial charge in [-0.05, 0) is 75.3 Å². The molecule has 11 heteroatoms. The van der Waals surface area contributed by atoms with Crippen molar-refractivity contribution in [1.82, 2.24) is 14.1 Å². The van der Waals surface area contributed by atoms with E-state index in [-0.39, 0.29) is 23.1 Å². The molecule has 2 aromatic carbocycles. The highest BCUT2D eigenvalue weighted by atomic mass is 35.5. The van der Waals surface area contributed by atoms with E-state index in [1.54, 1.807) is 4.90 Å². The standard InChI is InChI=1S/C28H34ClF2N3O4S/c1-19-16-32(17-20-5-6-20)13-14-33(19)28(35)38-18-23-3-2-4-27(25-12-9-22(30)15-26(25)31)34(23)39(36,37)24-10-7-21(29)8-11-24/h7-12,15,19-20,23,27H,2-6,13-14,16-18H2,1H3/t19-,23+,27-/m0/s1. The summed E-state index contributed by atoms with van der Waals surface area (Å²) in [6.07, 6.45) is 3.44. The first kappa shape index (κ1) is 28.3. The Balaban J connectivity index is 1.36. The second kappa shape index (κ2) is 11.7. The Hall–Kier alpha value is -2.27. The molecule has 2 saturated heterocycles. The lowest BCUT2D eigenvalue weighted by Crippen LogP contribution is -2.55. The minimum absolute atomic E-state index is 0.00180. The number of ether oxygens (including phenoxy) is 1. The van der Waals surface area contributed by atoms with E-state index in [2.05, 4.69) is 4.90 Å². The molecule has 3 aliphatic rings. The maximum Gasteiger partial charge on any atom is 0.410 e. The van der Waals surface area contributed by atoms with Crippen molar-refractivity contribution in [1.29, 1.82) is 0 Å². The molecule has 1 aliphatic carbocycles. The molecule has 1 saturated carbocycles. The molecule has 2 heterocycles. The van der Waals surface area contributed by atoms with Crippen LogP contribution in [0.25, 0.3) is 0 Å². The number of amides is 1. The van der Waals surface area contributed by atoms with Crippen molar-refractivity contribution in [3.63, 3.8) is 0 Å². The Morgan fingerprint density at radius 2 is 1.79 bits per heavy atom. The van der Waals surface area contributed by atoms with E-state index >= 15 is 0 Å². The Morgan fingerprint density at radius 3 is 2.46 bits per heavy atom. The summed E-state index contributed by atoms with van der Waals surface area (Å²) in [6.45, 7) is 4.99. The molecule has 1 amide bonds. The second-order valence-corrected chi connectivity index (χ2v) is 13.2. The van der Waals surface area contributed by atoms with Crippen LogP contribution in [-0.2, 0) is 14.8 Å². The number of carbonyl (C=O) groups is 1. The molecule has 0 radical (unpaired) electrons. The number of sulfonamides is 1. The monoisotopic (exact) mass is 581 g/mol. The zero-order valence-corrected chi connectivity index (χ0v) is 23.5. The summed E-state index contributed by atoms with van der Waals surface area (Å²) in [6, 6.07) is 7.30. The number of benzene rings is 2. The Bertz CT molecular complexity index is 1290. The van der Waals surface area contributed by atoms with Gasteiger partial charge in [0.05, 0.1) is 17.0 Å².